The molecule has 0 unspecified atom stereocenters. The second kappa shape index (κ2) is 8.63. The first-order valence-electron chi connectivity index (χ1n) is 9.50. The number of rotatable bonds is 8. The van der Waals surface area contributed by atoms with Crippen LogP contribution in [-0.4, -0.2) is 66.2 Å². The van der Waals surface area contributed by atoms with E-state index in [-0.39, 0.29) is 5.78 Å². The Hall–Kier alpha value is -0.620. The van der Waals surface area contributed by atoms with Gasteiger partial charge < -0.3 is 9.84 Å². The molecule has 6 nitrogen and oxygen atoms in total. The van der Waals surface area contributed by atoms with E-state index in [9.17, 15) is 9.36 Å². The Balaban J connectivity index is 2.01. The largest absolute Gasteiger partial charge is 0.422 e. The number of hydrogen-bond acceptors (Lipinski definition) is 4. The molecule has 1 N–H and O–H groups in total. The fourth-order valence-electron chi connectivity index (χ4n) is 4.27. The minimum Gasteiger partial charge on any atom is -0.422 e. The Morgan fingerprint density at radius 2 is 1.64 bits per heavy atom. The fraction of sp³-hybridized carbons (Fsp3) is 0.632. The lowest BCUT2D eigenvalue weighted by molar-refractivity contribution is -0.146. The predicted octanol–water partition coefficient (Wildman–Crippen LogP) is 3.45. The van der Waals surface area contributed by atoms with Crippen LogP contribution in [-0.2, 0) is 9.36 Å². The zero-order valence-corrected chi connectivity index (χ0v) is 18.8. The fourth-order valence-corrected chi connectivity index (χ4v) is 7.59. The van der Waals surface area contributed by atoms with Crippen LogP contribution in [0.4, 0.5) is 0 Å². The molecule has 2 saturated heterocycles. The molecule has 3 atom stereocenters. The summed E-state index contributed by atoms with van der Waals surface area (Å²) in [6.45, 7) is 6.49. The third kappa shape index (κ3) is 4.14. The van der Waals surface area contributed by atoms with E-state index in [4.69, 9.17) is 27.7 Å². The van der Waals surface area contributed by atoms with E-state index in [0.29, 0.717) is 56.8 Å². The molecule has 9 heteroatoms. The quantitative estimate of drug-likeness (QED) is 0.486. The van der Waals surface area contributed by atoms with Crippen LogP contribution in [0.25, 0.3) is 0 Å². The van der Waals surface area contributed by atoms with Gasteiger partial charge in [-0.3, -0.25) is 4.79 Å². The van der Waals surface area contributed by atoms with E-state index in [2.05, 4.69) is 5.32 Å². The molecule has 2 aliphatic rings. The SMILES string of the molecule is C[C@]12CNC[C@](C)(CN([P@](=O)(Oc3ccccc3)N(CCCl)CCCl)C1)C2=O. The van der Waals surface area contributed by atoms with Gasteiger partial charge in [0.2, 0.25) is 0 Å². The third-order valence-corrected chi connectivity index (χ3v) is 8.46. The number of para-hydroxylation sites is 1. The molecule has 1 aromatic carbocycles. The number of halogens is 2. The van der Waals surface area contributed by atoms with Gasteiger partial charge in [0.1, 0.15) is 11.5 Å². The van der Waals surface area contributed by atoms with Crippen molar-refractivity contribution in [2.75, 3.05) is 51.0 Å². The molecule has 156 valence electrons. The molecule has 2 aliphatic heterocycles. The first-order valence-corrected chi connectivity index (χ1v) is 12.1. The molecule has 1 aromatic rings. The van der Waals surface area contributed by atoms with E-state index in [1.807, 2.05) is 36.7 Å². The van der Waals surface area contributed by atoms with Crippen molar-refractivity contribution in [1.82, 2.24) is 14.7 Å². The number of nitrogens with zero attached hydrogens (tertiary/aromatic N) is 2. The zero-order valence-electron chi connectivity index (χ0n) is 16.4. The maximum absolute atomic E-state index is 14.4. The maximum atomic E-state index is 14.4. The number of benzene rings is 1. The number of ketones is 1. The van der Waals surface area contributed by atoms with Gasteiger partial charge in [0.15, 0.2) is 0 Å². The van der Waals surface area contributed by atoms with Gasteiger partial charge in [-0.2, -0.15) is 0 Å². The number of carbonyl (C=O) groups is 1. The highest BCUT2D eigenvalue weighted by Gasteiger charge is 2.58. The summed E-state index contributed by atoms with van der Waals surface area (Å²) in [5.41, 5.74) is -1.23. The van der Waals surface area contributed by atoms with Crippen molar-refractivity contribution in [2.45, 2.75) is 13.8 Å². The van der Waals surface area contributed by atoms with Crippen LogP contribution in [0.2, 0.25) is 0 Å². The molecule has 0 spiro atoms. The van der Waals surface area contributed by atoms with Crippen molar-refractivity contribution >= 4 is 36.7 Å². The van der Waals surface area contributed by atoms with Gasteiger partial charge in [-0.1, -0.05) is 32.0 Å². The Morgan fingerprint density at radius 1 is 1.11 bits per heavy atom. The van der Waals surface area contributed by atoms with Crippen LogP contribution in [0.1, 0.15) is 13.8 Å². The number of fused-ring (bicyclic) bond motifs is 2. The summed E-state index contributed by atoms with van der Waals surface area (Å²) in [5, 5.41) is 3.37. The Bertz CT molecular complexity index is 725. The van der Waals surface area contributed by atoms with Crippen LogP contribution in [0.15, 0.2) is 30.3 Å². The molecule has 0 saturated carbocycles. The van der Waals surface area contributed by atoms with Gasteiger partial charge in [0.25, 0.3) is 0 Å². The van der Waals surface area contributed by atoms with Crippen LogP contribution in [0.3, 0.4) is 0 Å². The van der Waals surface area contributed by atoms with Gasteiger partial charge in [-0.15, -0.1) is 23.2 Å². The monoisotopic (exact) mass is 447 g/mol. The molecule has 0 aliphatic carbocycles. The Morgan fingerprint density at radius 3 is 2.14 bits per heavy atom. The number of alkyl halides is 2. The number of nitrogens with one attached hydrogen (secondary N) is 1. The zero-order chi connectivity index (χ0) is 20.4. The summed E-state index contributed by atoms with van der Waals surface area (Å²) in [4.78, 5) is 13.1. The van der Waals surface area contributed by atoms with E-state index >= 15 is 0 Å². The van der Waals surface area contributed by atoms with E-state index in [1.54, 1.807) is 16.8 Å². The highest BCUT2D eigenvalue weighted by Crippen LogP contribution is 2.58. The van der Waals surface area contributed by atoms with Crippen molar-refractivity contribution in [3.63, 3.8) is 0 Å². The third-order valence-electron chi connectivity index (χ3n) is 5.56. The Labute approximate surface area is 177 Å². The van der Waals surface area contributed by atoms with Crippen LogP contribution < -0.4 is 9.84 Å². The van der Waals surface area contributed by atoms with Crippen LogP contribution in [0, 0.1) is 10.8 Å². The number of piperidine rings is 2. The molecule has 2 heterocycles. The summed E-state index contributed by atoms with van der Waals surface area (Å²) in [6.07, 6.45) is 0. The first kappa shape index (κ1) is 22.1. The molecular weight excluding hydrogens is 420 g/mol. The highest BCUT2D eigenvalue weighted by molar-refractivity contribution is 7.54. The molecule has 28 heavy (non-hydrogen) atoms. The average molecular weight is 448 g/mol. The van der Waals surface area contributed by atoms with Crippen LogP contribution in [0.5, 0.6) is 5.75 Å². The lowest BCUT2D eigenvalue weighted by Gasteiger charge is -2.53. The molecule has 0 amide bonds. The molecule has 2 fully saturated rings. The average Bonchev–Trinajstić information content (AvgIpc) is 2.65. The lowest BCUT2D eigenvalue weighted by atomic mass is 9.66. The number of Topliss-reactive ketones (excluding diaryl/α,β-unsaturated/α-hetero) is 1. The first-order chi connectivity index (χ1) is 13.3. The molecule has 0 radical (unpaired) electrons. The molecule has 2 bridgehead atoms. The summed E-state index contributed by atoms with van der Waals surface area (Å²) in [6, 6.07) is 9.13. The molecular formula is C19H28Cl2N3O3P. The van der Waals surface area contributed by atoms with Gasteiger partial charge in [-0.25, -0.2) is 13.9 Å². The van der Waals surface area contributed by atoms with E-state index in [1.165, 1.54) is 0 Å². The second-order valence-electron chi connectivity index (χ2n) is 8.10. The number of hydrogen-bond donors (Lipinski definition) is 1. The van der Waals surface area contributed by atoms with Gasteiger partial charge in [0, 0.05) is 51.0 Å². The van der Waals surface area contributed by atoms with Crippen molar-refractivity contribution in [1.29, 1.82) is 0 Å². The van der Waals surface area contributed by atoms with E-state index < -0.39 is 18.5 Å². The van der Waals surface area contributed by atoms with Crippen molar-refractivity contribution in [3.8, 4) is 5.75 Å². The standard InChI is InChI=1S/C19H28Cl2N3O3P/c1-18-12-22-13-19(2,17(18)25)15-24(14-18)28(26,23(10-8-20)11-9-21)27-16-6-4-3-5-7-16/h3-7,22H,8-15H2,1-2H3/t18-,19+,28-/m1/s1. The maximum Gasteiger partial charge on any atom is 0.395 e. The smallest absolute Gasteiger partial charge is 0.395 e. The molecule has 3 rings (SSSR count). The topological polar surface area (TPSA) is 61.9 Å². The van der Waals surface area contributed by atoms with Gasteiger partial charge >= 0.3 is 7.67 Å². The van der Waals surface area contributed by atoms with Gasteiger partial charge in [-0.05, 0) is 12.1 Å². The summed E-state index contributed by atoms with van der Waals surface area (Å²) < 4.78 is 24.2. The van der Waals surface area contributed by atoms with Crippen molar-refractivity contribution < 1.29 is 13.9 Å². The summed E-state index contributed by atoms with van der Waals surface area (Å²) in [7, 11) is -3.51. The lowest BCUT2D eigenvalue weighted by Crippen LogP contribution is -2.67. The predicted molar refractivity (Wildman–Crippen MR) is 113 cm³/mol. The Kier molecular flexibility index (Phi) is 6.80. The van der Waals surface area contributed by atoms with Crippen LogP contribution >= 0.6 is 30.9 Å². The highest BCUT2D eigenvalue weighted by atomic mass is 35.5. The van der Waals surface area contributed by atoms with Gasteiger partial charge in [0.05, 0.1) is 10.8 Å². The minimum absolute atomic E-state index is 0.225. The van der Waals surface area contributed by atoms with Crippen molar-refractivity contribution in [3.05, 3.63) is 30.3 Å². The molecule has 0 aromatic heterocycles. The number of carbonyl (C=O) groups excluding carboxylic acids is 1. The second-order valence-corrected chi connectivity index (χ2v) is 11.2. The minimum atomic E-state index is -3.51. The van der Waals surface area contributed by atoms with Crippen molar-refractivity contribution in [2.24, 2.45) is 10.8 Å². The summed E-state index contributed by atoms with van der Waals surface area (Å²) in [5.74, 6) is 1.36. The van der Waals surface area contributed by atoms with E-state index in [0.717, 1.165) is 0 Å². The normalized spacial score (nSPS) is 30.2. The summed E-state index contributed by atoms with van der Waals surface area (Å²) >= 11 is 12.0.